The van der Waals surface area contributed by atoms with E-state index in [0.717, 1.165) is 0 Å². The number of nitrogens with zero attached hydrogens (tertiary/aromatic N) is 1. The number of H-pyrrole nitrogens is 1. The van der Waals surface area contributed by atoms with Gasteiger partial charge in [0.1, 0.15) is 5.69 Å². The average molecular weight is 165 g/mol. The lowest BCUT2D eigenvalue weighted by Crippen LogP contribution is -2.04. The molecular weight excluding hydrogens is 158 g/mol. The van der Waals surface area contributed by atoms with Gasteiger partial charge in [-0.05, 0) is 0 Å². The summed E-state index contributed by atoms with van der Waals surface area (Å²) < 4.78 is 4.42. The molecule has 0 saturated carbocycles. The molecule has 5 heteroatoms. The Morgan fingerprint density at radius 1 is 1.83 bits per heavy atom. The van der Waals surface area contributed by atoms with Gasteiger partial charge in [-0.1, -0.05) is 0 Å². The van der Waals surface area contributed by atoms with Crippen molar-refractivity contribution < 1.29 is 9.53 Å². The summed E-state index contributed by atoms with van der Waals surface area (Å²) in [6, 6.07) is 0. The highest BCUT2D eigenvalue weighted by molar-refractivity contribution is 5.96. The molecule has 1 aromatic rings. The topological polar surface area (TPSA) is 72.5 Å². The minimum atomic E-state index is -0.567. The third-order valence-electron chi connectivity index (χ3n) is 1.41. The highest BCUT2D eigenvalue weighted by Crippen LogP contribution is 2.25. The Labute approximate surface area is 69.0 Å². The zero-order chi connectivity index (χ0) is 9.14. The van der Waals surface area contributed by atoms with Crippen molar-refractivity contribution in [2.24, 2.45) is 0 Å². The molecule has 0 saturated heterocycles. The predicted octanol–water partition coefficient (Wildman–Crippen LogP) is 0.934. The van der Waals surface area contributed by atoms with E-state index in [1.807, 2.05) is 0 Å². The monoisotopic (exact) mass is 165 g/mol. The SMILES string of the molecule is [C-]#[N+]c1c[nH]c(C(=O)OC)c1N. The van der Waals surface area contributed by atoms with Crippen molar-refractivity contribution in [2.75, 3.05) is 12.8 Å². The largest absolute Gasteiger partial charge is 0.464 e. The number of aromatic nitrogens is 1. The van der Waals surface area contributed by atoms with Crippen molar-refractivity contribution in [1.29, 1.82) is 0 Å². The zero-order valence-corrected chi connectivity index (χ0v) is 6.42. The molecule has 0 radical (unpaired) electrons. The number of anilines is 1. The third-order valence-corrected chi connectivity index (χ3v) is 1.41. The Hall–Kier alpha value is -1.96. The molecule has 0 amide bonds. The van der Waals surface area contributed by atoms with Gasteiger partial charge in [-0.25, -0.2) is 9.64 Å². The molecule has 0 aliphatic carbocycles. The maximum absolute atomic E-state index is 10.9. The minimum absolute atomic E-state index is 0.128. The maximum atomic E-state index is 10.9. The third kappa shape index (κ3) is 1.10. The second kappa shape index (κ2) is 2.96. The maximum Gasteiger partial charge on any atom is 0.355 e. The smallest absolute Gasteiger partial charge is 0.355 e. The van der Waals surface area contributed by atoms with Gasteiger partial charge in [0, 0.05) is 6.20 Å². The van der Waals surface area contributed by atoms with Crippen LogP contribution in [-0.2, 0) is 4.74 Å². The van der Waals surface area contributed by atoms with Gasteiger partial charge in [0.05, 0.1) is 19.4 Å². The summed E-state index contributed by atoms with van der Waals surface area (Å²) in [4.78, 5) is 16.6. The van der Waals surface area contributed by atoms with Crippen LogP contribution in [0.25, 0.3) is 4.85 Å². The Kier molecular flexibility index (Phi) is 2.01. The molecule has 0 aromatic carbocycles. The fourth-order valence-electron chi connectivity index (χ4n) is 0.788. The van der Waals surface area contributed by atoms with E-state index in [1.54, 1.807) is 0 Å². The lowest BCUT2D eigenvalue weighted by atomic mass is 10.3. The molecule has 0 aliphatic heterocycles. The van der Waals surface area contributed by atoms with Crippen molar-refractivity contribution in [3.8, 4) is 0 Å². The Morgan fingerprint density at radius 2 is 2.50 bits per heavy atom. The molecule has 5 nitrogen and oxygen atoms in total. The van der Waals surface area contributed by atoms with E-state index in [1.165, 1.54) is 13.3 Å². The number of rotatable bonds is 1. The van der Waals surface area contributed by atoms with Crippen LogP contribution in [0.3, 0.4) is 0 Å². The second-order valence-corrected chi connectivity index (χ2v) is 2.07. The molecular formula is C7H7N3O2. The number of methoxy groups -OCH3 is 1. The van der Waals surface area contributed by atoms with Gasteiger partial charge in [0.15, 0.2) is 0 Å². The molecule has 3 N–H and O–H groups in total. The number of aromatic amines is 1. The fourth-order valence-corrected chi connectivity index (χ4v) is 0.788. The van der Waals surface area contributed by atoms with Crippen LogP contribution in [0.2, 0.25) is 0 Å². The molecule has 1 heterocycles. The summed E-state index contributed by atoms with van der Waals surface area (Å²) in [5, 5.41) is 0. The molecule has 0 unspecified atom stereocenters. The molecule has 0 spiro atoms. The van der Waals surface area contributed by atoms with Crippen molar-refractivity contribution in [2.45, 2.75) is 0 Å². The standard InChI is InChI=1S/C7H7N3O2/c1-9-4-3-10-6(5(4)8)7(11)12-2/h3,10H,8H2,2H3. The molecule has 0 bridgehead atoms. The van der Waals surface area contributed by atoms with E-state index in [9.17, 15) is 4.79 Å². The highest BCUT2D eigenvalue weighted by Gasteiger charge is 2.14. The van der Waals surface area contributed by atoms with Gasteiger partial charge in [-0.3, -0.25) is 0 Å². The predicted molar refractivity (Wildman–Crippen MR) is 42.8 cm³/mol. The normalized spacial score (nSPS) is 9.00. The summed E-state index contributed by atoms with van der Waals surface area (Å²) in [5.74, 6) is -0.567. The summed E-state index contributed by atoms with van der Waals surface area (Å²) in [6.07, 6.45) is 1.37. The quantitative estimate of drug-likeness (QED) is 0.480. The van der Waals surface area contributed by atoms with Gasteiger partial charge in [0.2, 0.25) is 5.69 Å². The van der Waals surface area contributed by atoms with Gasteiger partial charge < -0.3 is 15.5 Å². The summed E-state index contributed by atoms with van der Waals surface area (Å²) >= 11 is 0. The molecule has 1 aromatic heterocycles. The molecule has 62 valence electrons. The van der Waals surface area contributed by atoms with Crippen LogP contribution in [0.1, 0.15) is 10.5 Å². The van der Waals surface area contributed by atoms with Crippen LogP contribution in [0, 0.1) is 6.57 Å². The van der Waals surface area contributed by atoms with E-state index in [0.29, 0.717) is 0 Å². The number of nitrogens with one attached hydrogen (secondary N) is 1. The number of nitrogen functional groups attached to an aromatic ring is 1. The van der Waals surface area contributed by atoms with Crippen molar-refractivity contribution in [1.82, 2.24) is 4.98 Å². The van der Waals surface area contributed by atoms with Crippen LogP contribution in [0.5, 0.6) is 0 Å². The number of nitrogens with two attached hydrogens (primary N) is 1. The van der Waals surface area contributed by atoms with E-state index >= 15 is 0 Å². The van der Waals surface area contributed by atoms with Crippen LogP contribution in [0.15, 0.2) is 6.20 Å². The Balaban J connectivity index is 3.12. The first-order valence-corrected chi connectivity index (χ1v) is 3.13. The summed E-state index contributed by atoms with van der Waals surface area (Å²) in [6.45, 7) is 6.67. The van der Waals surface area contributed by atoms with Crippen LogP contribution < -0.4 is 5.73 Å². The van der Waals surface area contributed by atoms with Crippen LogP contribution in [-0.4, -0.2) is 18.1 Å². The van der Waals surface area contributed by atoms with Gasteiger partial charge in [-0.15, -0.1) is 0 Å². The van der Waals surface area contributed by atoms with Gasteiger partial charge >= 0.3 is 5.97 Å². The first-order chi connectivity index (χ1) is 5.70. The molecule has 0 fully saturated rings. The zero-order valence-electron chi connectivity index (χ0n) is 6.42. The summed E-state index contributed by atoms with van der Waals surface area (Å²) in [5.41, 5.74) is 5.94. The fraction of sp³-hybridized carbons (Fsp3) is 0.143. The number of hydrogen-bond donors (Lipinski definition) is 2. The van der Waals surface area contributed by atoms with Crippen molar-refractivity contribution in [3.63, 3.8) is 0 Å². The van der Waals surface area contributed by atoms with E-state index in [-0.39, 0.29) is 17.1 Å². The van der Waals surface area contributed by atoms with Crippen LogP contribution in [0.4, 0.5) is 11.4 Å². The first-order valence-electron chi connectivity index (χ1n) is 3.13. The minimum Gasteiger partial charge on any atom is -0.464 e. The molecule has 1 rings (SSSR count). The van der Waals surface area contributed by atoms with E-state index in [4.69, 9.17) is 12.3 Å². The van der Waals surface area contributed by atoms with E-state index < -0.39 is 5.97 Å². The molecule has 0 atom stereocenters. The average Bonchev–Trinajstić information content (AvgIpc) is 2.45. The van der Waals surface area contributed by atoms with Crippen LogP contribution >= 0.6 is 0 Å². The highest BCUT2D eigenvalue weighted by atomic mass is 16.5. The summed E-state index contributed by atoms with van der Waals surface area (Å²) in [7, 11) is 1.25. The number of carbonyl (C=O) groups excluding carboxylic acids is 1. The second-order valence-electron chi connectivity index (χ2n) is 2.07. The number of esters is 1. The number of hydrogen-bond acceptors (Lipinski definition) is 3. The molecule has 0 aliphatic rings. The lowest BCUT2D eigenvalue weighted by Gasteiger charge is -1.96. The Bertz CT molecular complexity index is 348. The number of ether oxygens (including phenoxy) is 1. The van der Waals surface area contributed by atoms with Crippen molar-refractivity contribution in [3.05, 3.63) is 23.3 Å². The number of carbonyl (C=O) groups is 1. The first kappa shape index (κ1) is 8.14. The van der Waals surface area contributed by atoms with Gasteiger partial charge in [-0.2, -0.15) is 0 Å². The lowest BCUT2D eigenvalue weighted by molar-refractivity contribution is 0.0596. The molecule has 12 heavy (non-hydrogen) atoms. The van der Waals surface area contributed by atoms with Crippen molar-refractivity contribution >= 4 is 17.3 Å². The Morgan fingerprint density at radius 3 is 2.92 bits per heavy atom. The van der Waals surface area contributed by atoms with Gasteiger partial charge in [0.25, 0.3) is 0 Å². The van der Waals surface area contributed by atoms with E-state index in [2.05, 4.69) is 14.6 Å².